The van der Waals surface area contributed by atoms with Gasteiger partial charge in [0.25, 0.3) is 0 Å². The molecule has 0 heterocycles. The van der Waals surface area contributed by atoms with Crippen molar-refractivity contribution in [2.24, 2.45) is 0 Å². The Kier molecular flexibility index (Phi) is 2.55. The molecule has 0 unspecified atom stereocenters. The second kappa shape index (κ2) is 3.45. The lowest BCUT2D eigenvalue weighted by Gasteiger charge is -2.10. The molecule has 0 fully saturated rings. The first kappa shape index (κ1) is 8.87. The lowest BCUT2D eigenvalue weighted by molar-refractivity contribution is 0.402. The predicted octanol–water partition coefficient (Wildman–Crippen LogP) is 0.913. The van der Waals surface area contributed by atoms with Crippen LogP contribution in [0.2, 0.25) is 0 Å². The Morgan fingerprint density at radius 2 is 1.83 bits per heavy atom. The van der Waals surface area contributed by atoms with Crippen molar-refractivity contribution in [2.45, 2.75) is 6.54 Å². The molecule has 0 atom stereocenters. The van der Waals surface area contributed by atoms with Crippen LogP contribution in [0.15, 0.2) is 18.2 Å². The van der Waals surface area contributed by atoms with Crippen LogP contribution in [0.1, 0.15) is 5.56 Å². The third-order valence-electron chi connectivity index (χ3n) is 1.65. The lowest BCUT2D eigenvalue weighted by Crippen LogP contribution is -2.11. The van der Waals surface area contributed by atoms with Gasteiger partial charge in [-0.1, -0.05) is 6.07 Å². The standard InChI is InChI=1S/C9H15N3/c1-12(2)6-7-3-4-8(10)9(11)5-7/h3-5H,6,10-11H2,1-2H3. The van der Waals surface area contributed by atoms with Crippen molar-refractivity contribution in [3.05, 3.63) is 23.8 Å². The molecule has 66 valence electrons. The second-order valence-corrected chi connectivity index (χ2v) is 3.20. The number of benzene rings is 1. The van der Waals surface area contributed by atoms with Gasteiger partial charge in [-0.15, -0.1) is 0 Å². The smallest absolute Gasteiger partial charge is 0.0551 e. The number of nitrogens with zero attached hydrogens (tertiary/aromatic N) is 1. The van der Waals surface area contributed by atoms with Gasteiger partial charge in [-0.2, -0.15) is 0 Å². The molecule has 0 spiro atoms. The monoisotopic (exact) mass is 165 g/mol. The fraction of sp³-hybridized carbons (Fsp3) is 0.333. The van der Waals surface area contributed by atoms with Crippen LogP contribution in [-0.4, -0.2) is 19.0 Å². The van der Waals surface area contributed by atoms with Gasteiger partial charge in [0.15, 0.2) is 0 Å². The summed E-state index contributed by atoms with van der Waals surface area (Å²) in [4.78, 5) is 2.09. The first-order valence-corrected chi connectivity index (χ1v) is 3.88. The van der Waals surface area contributed by atoms with Gasteiger partial charge in [-0.05, 0) is 31.8 Å². The first-order chi connectivity index (χ1) is 5.59. The van der Waals surface area contributed by atoms with Crippen LogP contribution < -0.4 is 11.5 Å². The van der Waals surface area contributed by atoms with Crippen molar-refractivity contribution in [1.29, 1.82) is 0 Å². The molecule has 0 amide bonds. The molecule has 1 rings (SSSR count). The summed E-state index contributed by atoms with van der Waals surface area (Å²) in [5.41, 5.74) is 13.7. The minimum atomic E-state index is 0.650. The van der Waals surface area contributed by atoms with E-state index in [-0.39, 0.29) is 0 Å². The molecule has 0 saturated carbocycles. The molecule has 3 heteroatoms. The molecule has 0 bridgehead atoms. The van der Waals surface area contributed by atoms with E-state index in [4.69, 9.17) is 11.5 Å². The fourth-order valence-electron chi connectivity index (χ4n) is 1.09. The summed E-state index contributed by atoms with van der Waals surface area (Å²) >= 11 is 0. The van der Waals surface area contributed by atoms with Crippen molar-refractivity contribution < 1.29 is 0 Å². The average molecular weight is 165 g/mol. The number of rotatable bonds is 2. The summed E-state index contributed by atoms with van der Waals surface area (Å²) in [6.45, 7) is 0.893. The summed E-state index contributed by atoms with van der Waals surface area (Å²) in [5.74, 6) is 0. The molecule has 0 radical (unpaired) electrons. The SMILES string of the molecule is CN(C)Cc1ccc(N)c(N)c1. The highest BCUT2D eigenvalue weighted by molar-refractivity contribution is 5.63. The minimum absolute atomic E-state index is 0.650. The van der Waals surface area contributed by atoms with Crippen molar-refractivity contribution in [3.63, 3.8) is 0 Å². The van der Waals surface area contributed by atoms with E-state index in [9.17, 15) is 0 Å². The maximum atomic E-state index is 5.65. The Morgan fingerprint density at radius 3 is 2.33 bits per heavy atom. The van der Waals surface area contributed by atoms with E-state index in [1.165, 1.54) is 5.56 Å². The highest BCUT2D eigenvalue weighted by Gasteiger charge is 1.97. The van der Waals surface area contributed by atoms with Crippen molar-refractivity contribution in [3.8, 4) is 0 Å². The molecule has 3 nitrogen and oxygen atoms in total. The largest absolute Gasteiger partial charge is 0.397 e. The zero-order chi connectivity index (χ0) is 9.14. The van der Waals surface area contributed by atoms with Crippen molar-refractivity contribution in [1.82, 2.24) is 4.90 Å². The molecule has 1 aromatic carbocycles. The Hall–Kier alpha value is -1.22. The fourth-order valence-corrected chi connectivity index (χ4v) is 1.09. The van der Waals surface area contributed by atoms with E-state index >= 15 is 0 Å². The van der Waals surface area contributed by atoms with Gasteiger partial charge in [0.05, 0.1) is 11.4 Å². The van der Waals surface area contributed by atoms with Crippen LogP contribution in [0, 0.1) is 0 Å². The maximum absolute atomic E-state index is 5.65. The van der Waals surface area contributed by atoms with E-state index in [0.29, 0.717) is 11.4 Å². The van der Waals surface area contributed by atoms with E-state index in [1.807, 2.05) is 32.3 Å². The summed E-state index contributed by atoms with van der Waals surface area (Å²) in [7, 11) is 4.04. The van der Waals surface area contributed by atoms with E-state index in [1.54, 1.807) is 0 Å². The third kappa shape index (κ3) is 2.13. The third-order valence-corrected chi connectivity index (χ3v) is 1.65. The Morgan fingerprint density at radius 1 is 1.17 bits per heavy atom. The number of nitrogen functional groups attached to an aromatic ring is 2. The molecule has 0 saturated heterocycles. The normalized spacial score (nSPS) is 10.6. The molecule has 0 aliphatic rings. The number of anilines is 2. The van der Waals surface area contributed by atoms with Crippen molar-refractivity contribution in [2.75, 3.05) is 25.6 Å². The maximum Gasteiger partial charge on any atom is 0.0551 e. The molecular weight excluding hydrogens is 150 g/mol. The highest BCUT2D eigenvalue weighted by Crippen LogP contribution is 2.16. The summed E-state index contributed by atoms with van der Waals surface area (Å²) in [6, 6.07) is 5.75. The zero-order valence-electron chi connectivity index (χ0n) is 7.54. The molecule has 0 aromatic heterocycles. The van der Waals surface area contributed by atoms with Crippen molar-refractivity contribution >= 4 is 11.4 Å². The van der Waals surface area contributed by atoms with Crippen LogP contribution in [0.5, 0.6) is 0 Å². The lowest BCUT2D eigenvalue weighted by atomic mass is 10.1. The number of hydrogen-bond donors (Lipinski definition) is 2. The average Bonchev–Trinajstić information content (AvgIpc) is 1.96. The van der Waals surface area contributed by atoms with Gasteiger partial charge >= 0.3 is 0 Å². The van der Waals surface area contributed by atoms with Gasteiger partial charge in [-0.3, -0.25) is 0 Å². The van der Waals surface area contributed by atoms with Gasteiger partial charge < -0.3 is 16.4 Å². The summed E-state index contributed by atoms with van der Waals surface area (Å²) in [6.07, 6.45) is 0. The molecule has 0 aliphatic heterocycles. The Bertz CT molecular complexity index is 268. The highest BCUT2D eigenvalue weighted by atomic mass is 15.0. The second-order valence-electron chi connectivity index (χ2n) is 3.20. The summed E-state index contributed by atoms with van der Waals surface area (Å²) < 4.78 is 0. The molecule has 1 aromatic rings. The topological polar surface area (TPSA) is 55.3 Å². The summed E-state index contributed by atoms with van der Waals surface area (Å²) in [5, 5.41) is 0. The Balaban J connectivity index is 2.82. The Labute approximate surface area is 73.0 Å². The van der Waals surface area contributed by atoms with Crippen LogP contribution in [0.3, 0.4) is 0 Å². The van der Waals surface area contributed by atoms with Crippen LogP contribution in [0.4, 0.5) is 11.4 Å². The van der Waals surface area contributed by atoms with E-state index in [2.05, 4.69) is 4.90 Å². The predicted molar refractivity (Wildman–Crippen MR) is 52.7 cm³/mol. The van der Waals surface area contributed by atoms with Gasteiger partial charge in [0.2, 0.25) is 0 Å². The number of hydrogen-bond acceptors (Lipinski definition) is 3. The molecule has 0 aliphatic carbocycles. The molecular formula is C9H15N3. The van der Waals surface area contributed by atoms with Crippen LogP contribution in [-0.2, 0) is 6.54 Å². The van der Waals surface area contributed by atoms with Gasteiger partial charge in [0.1, 0.15) is 0 Å². The van der Waals surface area contributed by atoms with E-state index in [0.717, 1.165) is 6.54 Å². The van der Waals surface area contributed by atoms with Crippen LogP contribution in [0.25, 0.3) is 0 Å². The van der Waals surface area contributed by atoms with E-state index < -0.39 is 0 Å². The minimum Gasteiger partial charge on any atom is -0.397 e. The van der Waals surface area contributed by atoms with Crippen LogP contribution >= 0.6 is 0 Å². The number of nitrogens with two attached hydrogens (primary N) is 2. The molecule has 4 N–H and O–H groups in total. The van der Waals surface area contributed by atoms with Gasteiger partial charge in [0, 0.05) is 6.54 Å². The quantitative estimate of drug-likeness (QED) is 0.640. The molecule has 12 heavy (non-hydrogen) atoms. The van der Waals surface area contributed by atoms with Gasteiger partial charge in [-0.25, -0.2) is 0 Å². The zero-order valence-corrected chi connectivity index (χ0v) is 7.54. The first-order valence-electron chi connectivity index (χ1n) is 3.88.